The Bertz CT molecular complexity index is 926. The molecule has 1 aliphatic carbocycles. The van der Waals surface area contributed by atoms with Crippen LogP contribution in [0.1, 0.15) is 70.1 Å². The monoisotopic (exact) mass is 453 g/mol. The fourth-order valence-corrected chi connectivity index (χ4v) is 3.81. The number of hydrogen-bond acceptors (Lipinski definition) is 4. The number of aromatic nitrogens is 2. The zero-order valence-corrected chi connectivity index (χ0v) is 21.5. The van der Waals surface area contributed by atoms with Crippen molar-refractivity contribution in [3.05, 3.63) is 53.4 Å². The van der Waals surface area contributed by atoms with E-state index in [-0.39, 0.29) is 5.91 Å². The first-order chi connectivity index (χ1) is 16.1. The van der Waals surface area contributed by atoms with Crippen LogP contribution in [0.5, 0.6) is 0 Å². The Morgan fingerprint density at radius 3 is 2.61 bits per heavy atom. The number of hydrogen-bond donors (Lipinski definition) is 1. The van der Waals surface area contributed by atoms with Crippen molar-refractivity contribution >= 4 is 23.7 Å². The van der Waals surface area contributed by atoms with E-state index in [9.17, 15) is 4.79 Å². The summed E-state index contributed by atoms with van der Waals surface area (Å²) in [4.78, 5) is 22.6. The second kappa shape index (κ2) is 16.0. The quantitative estimate of drug-likeness (QED) is 0.576. The highest BCUT2D eigenvalue weighted by Crippen LogP contribution is 2.22. The highest BCUT2D eigenvalue weighted by Gasteiger charge is 2.20. The highest BCUT2D eigenvalue weighted by molar-refractivity contribution is 6.05. The van der Waals surface area contributed by atoms with Crippen LogP contribution in [0, 0.1) is 0 Å². The lowest BCUT2D eigenvalue weighted by molar-refractivity contribution is 0.0956. The molecule has 0 unspecified atom stereocenters. The molecule has 1 N–H and O–H groups in total. The van der Waals surface area contributed by atoms with Crippen molar-refractivity contribution < 1.29 is 4.79 Å². The zero-order valence-electron chi connectivity index (χ0n) is 21.5. The van der Waals surface area contributed by atoms with Gasteiger partial charge in [-0.1, -0.05) is 58.9 Å². The number of benzene rings is 1. The summed E-state index contributed by atoms with van der Waals surface area (Å²) in [6.07, 6.45) is 10.6. The molecule has 33 heavy (non-hydrogen) atoms. The van der Waals surface area contributed by atoms with Crippen LogP contribution < -0.4 is 5.32 Å². The van der Waals surface area contributed by atoms with Gasteiger partial charge in [-0.05, 0) is 57.3 Å². The number of imidazole rings is 1. The number of carbonyl (C=O) groups is 1. The summed E-state index contributed by atoms with van der Waals surface area (Å²) in [5.41, 5.74) is 3.92. The summed E-state index contributed by atoms with van der Waals surface area (Å²) in [6, 6.07) is 5.60. The summed E-state index contributed by atoms with van der Waals surface area (Å²) in [5.74, 6) is 0.825. The van der Waals surface area contributed by atoms with Gasteiger partial charge in [-0.3, -0.25) is 9.79 Å². The Morgan fingerprint density at radius 1 is 1.21 bits per heavy atom. The number of carbonyl (C=O) groups excluding carboxylic acids is 1. The van der Waals surface area contributed by atoms with Gasteiger partial charge >= 0.3 is 0 Å². The van der Waals surface area contributed by atoms with Crippen LogP contribution in [0.2, 0.25) is 0 Å². The van der Waals surface area contributed by atoms with Crippen molar-refractivity contribution in [1.29, 1.82) is 0 Å². The molecule has 0 fully saturated rings. The lowest BCUT2D eigenvalue weighted by Crippen LogP contribution is -2.24. The fourth-order valence-electron chi connectivity index (χ4n) is 3.81. The third-order valence-corrected chi connectivity index (χ3v) is 5.09. The normalized spacial score (nSPS) is 13.9. The van der Waals surface area contributed by atoms with Crippen LogP contribution in [-0.2, 0) is 13.1 Å². The van der Waals surface area contributed by atoms with Crippen molar-refractivity contribution in [2.75, 3.05) is 26.7 Å². The molecule has 2 aliphatic rings. The van der Waals surface area contributed by atoms with Gasteiger partial charge in [0.25, 0.3) is 5.91 Å². The Kier molecular flexibility index (Phi) is 13.7. The van der Waals surface area contributed by atoms with Crippen LogP contribution in [0.4, 0.5) is 0 Å². The summed E-state index contributed by atoms with van der Waals surface area (Å²) in [5, 5.41) is 2.87. The Morgan fingerprint density at radius 2 is 1.97 bits per heavy atom. The highest BCUT2D eigenvalue weighted by atomic mass is 16.1. The van der Waals surface area contributed by atoms with E-state index in [2.05, 4.69) is 63.7 Å². The van der Waals surface area contributed by atoms with E-state index in [0.717, 1.165) is 29.9 Å². The molecule has 0 saturated carbocycles. The van der Waals surface area contributed by atoms with Gasteiger partial charge < -0.3 is 14.8 Å². The maximum atomic E-state index is 11.9. The molecule has 2 heterocycles. The number of para-hydroxylation sites is 1. The summed E-state index contributed by atoms with van der Waals surface area (Å²) in [7, 11) is 2.19. The first-order valence-electron chi connectivity index (χ1n) is 12.4. The first-order valence-corrected chi connectivity index (χ1v) is 12.4. The van der Waals surface area contributed by atoms with Crippen molar-refractivity contribution in [3.63, 3.8) is 0 Å². The van der Waals surface area contributed by atoms with Crippen molar-refractivity contribution in [1.82, 2.24) is 19.8 Å². The molecular weight excluding hydrogens is 410 g/mol. The molecule has 0 bridgehead atoms. The molecule has 182 valence electrons. The predicted octanol–water partition coefficient (Wildman–Crippen LogP) is 5.64. The number of rotatable bonds is 6. The maximum Gasteiger partial charge on any atom is 0.253 e. The van der Waals surface area contributed by atoms with E-state index in [4.69, 9.17) is 0 Å². The van der Waals surface area contributed by atoms with Crippen LogP contribution in [-0.4, -0.2) is 53.8 Å². The third-order valence-electron chi connectivity index (χ3n) is 5.09. The molecule has 0 spiro atoms. The Hall–Kier alpha value is -2.73. The number of nitrogens with zero attached hydrogens (tertiary/aromatic N) is 4. The number of aliphatic imine (C=N–C) groups is 1. The third kappa shape index (κ3) is 8.28. The largest absolute Gasteiger partial charge is 0.350 e. The molecule has 0 saturated heterocycles. The number of amides is 1. The lowest BCUT2D eigenvalue weighted by Gasteiger charge is -2.17. The summed E-state index contributed by atoms with van der Waals surface area (Å²) < 4.78 is 2.05. The molecule has 4 rings (SSSR count). The fraction of sp³-hybridized carbons (Fsp3) is 0.519. The van der Waals surface area contributed by atoms with Crippen LogP contribution in [0.25, 0.3) is 11.0 Å². The van der Waals surface area contributed by atoms with Gasteiger partial charge in [-0.15, -0.1) is 0 Å². The van der Waals surface area contributed by atoms with E-state index in [1.54, 1.807) is 0 Å². The van der Waals surface area contributed by atoms with Gasteiger partial charge in [0.05, 0.1) is 23.1 Å². The Labute approximate surface area is 200 Å². The van der Waals surface area contributed by atoms with Gasteiger partial charge in [0, 0.05) is 19.6 Å². The lowest BCUT2D eigenvalue weighted by atomic mass is 10.1. The zero-order chi connectivity index (χ0) is 24.6. The van der Waals surface area contributed by atoms with Gasteiger partial charge in [0.1, 0.15) is 5.82 Å². The molecule has 0 radical (unpaired) electrons. The molecule has 0 atom stereocenters. The van der Waals surface area contributed by atoms with E-state index in [0.29, 0.717) is 18.7 Å². The van der Waals surface area contributed by atoms with Gasteiger partial charge in [-0.2, -0.15) is 0 Å². The van der Waals surface area contributed by atoms with E-state index >= 15 is 0 Å². The molecular formula is C27H43N5O. The molecule has 2 aromatic rings. The van der Waals surface area contributed by atoms with E-state index in [1.807, 2.05) is 45.9 Å². The number of likely N-dealkylation sites (N-methyl/N-ethyl adjacent to an activating group) is 1. The number of nitrogens with one attached hydrogen (secondary N) is 1. The van der Waals surface area contributed by atoms with Crippen LogP contribution in [0.15, 0.2) is 47.0 Å². The molecule has 1 aromatic heterocycles. The SMILES string of the molecule is C=NCc1nc2cccc3c2n1CCNC3=O.CC.CC.CCCN(C)CC1=CCCC=C1. The number of allylic oxidation sites excluding steroid dienone is 2. The average Bonchev–Trinajstić information content (AvgIpc) is 3.10. The molecule has 1 amide bonds. The second-order valence-corrected chi connectivity index (χ2v) is 7.49. The van der Waals surface area contributed by atoms with Crippen LogP contribution >= 0.6 is 0 Å². The standard InChI is InChI=1S/C12H12N4O.C11H19N.2C2H6/c1-13-7-10-15-9-4-2-3-8-11(9)16(10)6-5-14-12(8)17;1-3-9-12(2)10-11-7-5-4-6-8-11;2*1-2/h2-4H,1,5-7H2,(H,14,17);5,7-8H,3-4,6,9-10H2,1-2H3;2*1-2H3. The van der Waals surface area contributed by atoms with Gasteiger partial charge in [-0.25, -0.2) is 4.98 Å². The minimum atomic E-state index is -0.0348. The maximum absolute atomic E-state index is 11.9. The van der Waals surface area contributed by atoms with Crippen molar-refractivity contribution in [2.24, 2.45) is 4.99 Å². The van der Waals surface area contributed by atoms with E-state index in [1.165, 1.54) is 31.4 Å². The van der Waals surface area contributed by atoms with Crippen molar-refractivity contribution in [2.45, 2.75) is 67.0 Å². The molecule has 1 aliphatic heterocycles. The van der Waals surface area contributed by atoms with Crippen LogP contribution in [0.3, 0.4) is 0 Å². The van der Waals surface area contributed by atoms with E-state index < -0.39 is 0 Å². The first kappa shape index (κ1) is 28.3. The summed E-state index contributed by atoms with van der Waals surface area (Å²) >= 11 is 0. The van der Waals surface area contributed by atoms with Gasteiger partial charge in [0.15, 0.2) is 0 Å². The predicted molar refractivity (Wildman–Crippen MR) is 142 cm³/mol. The molecule has 6 heteroatoms. The van der Waals surface area contributed by atoms with Gasteiger partial charge in [0.2, 0.25) is 0 Å². The minimum Gasteiger partial charge on any atom is -0.350 e. The molecule has 6 nitrogen and oxygen atoms in total. The average molecular weight is 454 g/mol. The second-order valence-electron chi connectivity index (χ2n) is 7.49. The van der Waals surface area contributed by atoms with Crippen molar-refractivity contribution in [3.8, 4) is 0 Å². The Balaban J connectivity index is 0.000000301. The minimum absolute atomic E-state index is 0.0348. The molecule has 1 aromatic carbocycles. The summed E-state index contributed by atoms with van der Waals surface area (Å²) in [6.45, 7) is 17.8. The smallest absolute Gasteiger partial charge is 0.253 e. The topological polar surface area (TPSA) is 62.5 Å².